The maximum Gasteiger partial charge on any atom is 0.343 e. The molecule has 0 aliphatic carbocycles. The van der Waals surface area contributed by atoms with Crippen molar-refractivity contribution in [3.05, 3.63) is 0 Å². The molecule has 0 aliphatic rings. The van der Waals surface area contributed by atoms with E-state index in [1.54, 1.807) is 6.92 Å². The molecule has 1 atom stereocenters. The fourth-order valence-electron chi connectivity index (χ4n) is 0.510. The summed E-state index contributed by atoms with van der Waals surface area (Å²) in [6.07, 6.45) is -1.05. The van der Waals surface area contributed by atoms with Crippen LogP contribution in [0.5, 0.6) is 0 Å². The van der Waals surface area contributed by atoms with Crippen molar-refractivity contribution in [3.8, 4) is 0 Å². The Hall–Kier alpha value is -1.10. The van der Waals surface area contributed by atoms with Gasteiger partial charge in [0.15, 0.2) is 6.17 Å². The summed E-state index contributed by atoms with van der Waals surface area (Å²) < 4.78 is 4.53. The van der Waals surface area contributed by atoms with E-state index in [1.807, 2.05) is 0 Å². The lowest BCUT2D eigenvalue weighted by atomic mass is 10.5. The first-order valence-electron chi connectivity index (χ1n) is 3.27. The van der Waals surface area contributed by atoms with Crippen molar-refractivity contribution in [1.82, 2.24) is 5.32 Å². The van der Waals surface area contributed by atoms with Gasteiger partial charge in [0.05, 0.1) is 6.61 Å². The van der Waals surface area contributed by atoms with Crippen LogP contribution in [-0.4, -0.2) is 24.6 Å². The lowest BCUT2D eigenvalue weighted by molar-refractivity contribution is -0.147. The molecule has 0 fully saturated rings. The maximum absolute atomic E-state index is 10.7. The van der Waals surface area contributed by atoms with Crippen LogP contribution in [0.1, 0.15) is 13.8 Å². The van der Waals surface area contributed by atoms with E-state index in [0.717, 1.165) is 0 Å². The number of carbonyl (C=O) groups is 2. The van der Waals surface area contributed by atoms with Gasteiger partial charge in [-0.15, -0.1) is 0 Å². The van der Waals surface area contributed by atoms with Crippen LogP contribution in [0.25, 0.3) is 0 Å². The fraction of sp³-hybridized carbons (Fsp3) is 0.667. The third kappa shape index (κ3) is 4.32. The monoisotopic (exact) mass is 160 g/mol. The second-order valence-electron chi connectivity index (χ2n) is 1.93. The molecule has 0 aliphatic heterocycles. The van der Waals surface area contributed by atoms with E-state index < -0.39 is 12.1 Å². The van der Waals surface area contributed by atoms with E-state index >= 15 is 0 Å². The normalized spacial score (nSPS) is 11.9. The van der Waals surface area contributed by atoms with Crippen molar-refractivity contribution in [3.63, 3.8) is 0 Å². The zero-order valence-electron chi connectivity index (χ0n) is 6.59. The Balaban J connectivity index is 3.73. The van der Waals surface area contributed by atoms with E-state index in [1.165, 1.54) is 6.92 Å². The molecule has 0 heterocycles. The molecule has 0 aromatic heterocycles. The molecule has 3 N–H and O–H groups in total. The van der Waals surface area contributed by atoms with E-state index in [0.29, 0.717) is 0 Å². The molecule has 0 aromatic rings. The van der Waals surface area contributed by atoms with Gasteiger partial charge in [-0.25, -0.2) is 4.79 Å². The topological polar surface area (TPSA) is 81.4 Å². The van der Waals surface area contributed by atoms with Crippen molar-refractivity contribution in [1.29, 1.82) is 0 Å². The molecule has 0 saturated heterocycles. The highest BCUT2D eigenvalue weighted by atomic mass is 16.5. The van der Waals surface area contributed by atoms with Gasteiger partial charge in [0, 0.05) is 6.92 Å². The van der Waals surface area contributed by atoms with Gasteiger partial charge in [-0.3, -0.25) is 4.79 Å². The lowest BCUT2D eigenvalue weighted by Crippen LogP contribution is -2.47. The summed E-state index contributed by atoms with van der Waals surface area (Å²) in [5, 5.41) is 2.19. The van der Waals surface area contributed by atoms with Crippen LogP contribution in [0.2, 0.25) is 0 Å². The Morgan fingerprint density at radius 1 is 1.64 bits per heavy atom. The van der Waals surface area contributed by atoms with Gasteiger partial charge in [-0.05, 0) is 6.92 Å². The zero-order chi connectivity index (χ0) is 8.85. The molecule has 5 nitrogen and oxygen atoms in total. The van der Waals surface area contributed by atoms with Crippen LogP contribution >= 0.6 is 0 Å². The Morgan fingerprint density at radius 2 is 2.18 bits per heavy atom. The molecule has 64 valence electrons. The fourth-order valence-corrected chi connectivity index (χ4v) is 0.510. The molecule has 0 aromatic carbocycles. The largest absolute Gasteiger partial charge is 0.463 e. The van der Waals surface area contributed by atoms with Crippen LogP contribution in [0.4, 0.5) is 0 Å². The van der Waals surface area contributed by atoms with Gasteiger partial charge in [0.25, 0.3) is 0 Å². The molecule has 0 spiro atoms. The average Bonchev–Trinajstić information content (AvgIpc) is 1.86. The predicted octanol–water partition coefficient (Wildman–Crippen LogP) is -1.03. The smallest absolute Gasteiger partial charge is 0.343 e. The number of nitrogens with one attached hydrogen (secondary N) is 1. The van der Waals surface area contributed by atoms with Crippen LogP contribution in [-0.2, 0) is 14.3 Å². The van der Waals surface area contributed by atoms with Gasteiger partial charge in [-0.2, -0.15) is 0 Å². The first-order valence-corrected chi connectivity index (χ1v) is 3.27. The van der Waals surface area contributed by atoms with Crippen LogP contribution in [0.15, 0.2) is 0 Å². The number of ether oxygens (including phenoxy) is 1. The summed E-state index contributed by atoms with van der Waals surface area (Å²) in [5.74, 6) is -0.978. The molecule has 1 amide bonds. The third-order valence-electron chi connectivity index (χ3n) is 0.899. The first-order chi connectivity index (χ1) is 5.07. The minimum Gasteiger partial charge on any atom is -0.463 e. The van der Waals surface area contributed by atoms with Crippen LogP contribution in [0, 0.1) is 0 Å². The second kappa shape index (κ2) is 4.68. The van der Waals surface area contributed by atoms with Crippen molar-refractivity contribution in [2.75, 3.05) is 6.61 Å². The number of rotatable bonds is 3. The lowest BCUT2D eigenvalue weighted by Gasteiger charge is -2.09. The van der Waals surface area contributed by atoms with E-state index in [9.17, 15) is 9.59 Å². The third-order valence-corrected chi connectivity index (χ3v) is 0.899. The first kappa shape index (κ1) is 9.90. The molecule has 0 saturated carbocycles. The highest BCUT2D eigenvalue weighted by Crippen LogP contribution is 1.80. The summed E-state index contributed by atoms with van der Waals surface area (Å²) in [6.45, 7) is 3.20. The number of hydrogen-bond donors (Lipinski definition) is 2. The highest BCUT2D eigenvalue weighted by Gasteiger charge is 2.14. The highest BCUT2D eigenvalue weighted by molar-refractivity contribution is 5.82. The Morgan fingerprint density at radius 3 is 2.55 bits per heavy atom. The Bertz CT molecular complexity index is 158. The predicted molar refractivity (Wildman–Crippen MR) is 38.4 cm³/mol. The summed E-state index contributed by atoms with van der Waals surface area (Å²) >= 11 is 0. The number of esters is 1. The second-order valence-corrected chi connectivity index (χ2v) is 1.93. The number of carbonyl (C=O) groups excluding carboxylic acids is 2. The Kier molecular flexibility index (Phi) is 4.21. The SMILES string of the molecule is CCOC(=O)[C@H](N)NC(C)=O. The molecule has 0 rings (SSSR count). The molecular weight excluding hydrogens is 148 g/mol. The molecular formula is C6H12N2O3. The summed E-state index contributed by atoms with van der Waals surface area (Å²) in [6, 6.07) is 0. The van der Waals surface area contributed by atoms with E-state index in [-0.39, 0.29) is 12.5 Å². The zero-order valence-corrected chi connectivity index (χ0v) is 6.59. The minimum atomic E-state index is -1.05. The molecule has 11 heavy (non-hydrogen) atoms. The van der Waals surface area contributed by atoms with E-state index in [4.69, 9.17) is 5.73 Å². The number of amides is 1. The van der Waals surface area contributed by atoms with Gasteiger partial charge < -0.3 is 15.8 Å². The van der Waals surface area contributed by atoms with Crippen molar-refractivity contribution >= 4 is 11.9 Å². The van der Waals surface area contributed by atoms with E-state index in [2.05, 4.69) is 10.1 Å². The van der Waals surface area contributed by atoms with Crippen molar-refractivity contribution in [2.45, 2.75) is 20.0 Å². The molecule has 0 unspecified atom stereocenters. The van der Waals surface area contributed by atoms with Crippen LogP contribution in [0.3, 0.4) is 0 Å². The summed E-state index contributed by atoms with van der Waals surface area (Å²) in [5.41, 5.74) is 5.20. The minimum absolute atomic E-state index is 0.256. The standard InChI is InChI=1S/C6H12N2O3/c1-3-11-6(10)5(7)8-4(2)9/h5H,3,7H2,1-2H3,(H,8,9)/t5-/m1/s1. The Labute approximate surface area is 64.9 Å². The van der Waals surface area contributed by atoms with Gasteiger partial charge in [-0.1, -0.05) is 0 Å². The average molecular weight is 160 g/mol. The summed E-state index contributed by atoms with van der Waals surface area (Å²) in [4.78, 5) is 21.1. The molecule has 5 heteroatoms. The molecule has 0 bridgehead atoms. The van der Waals surface area contributed by atoms with Gasteiger partial charge in [0.2, 0.25) is 5.91 Å². The summed E-state index contributed by atoms with van der Waals surface area (Å²) in [7, 11) is 0. The van der Waals surface area contributed by atoms with Gasteiger partial charge in [0.1, 0.15) is 0 Å². The number of nitrogens with two attached hydrogens (primary N) is 1. The molecule has 0 radical (unpaired) electrons. The maximum atomic E-state index is 10.7. The van der Waals surface area contributed by atoms with Crippen molar-refractivity contribution in [2.24, 2.45) is 5.73 Å². The van der Waals surface area contributed by atoms with Gasteiger partial charge >= 0.3 is 5.97 Å². The van der Waals surface area contributed by atoms with Crippen molar-refractivity contribution < 1.29 is 14.3 Å². The van der Waals surface area contributed by atoms with Crippen LogP contribution < -0.4 is 11.1 Å². The quantitative estimate of drug-likeness (QED) is 0.408. The number of hydrogen-bond acceptors (Lipinski definition) is 4.